The predicted octanol–water partition coefficient (Wildman–Crippen LogP) is 1.17. The molecule has 2 aromatic carbocycles. The Kier molecular flexibility index (Phi) is 8.45. The zero-order valence-electron chi connectivity index (χ0n) is 17.0. The maximum absolute atomic E-state index is 13.2. The molecule has 2 aromatic rings. The number of benzene rings is 2. The van der Waals surface area contributed by atoms with Crippen LogP contribution in [0.25, 0.3) is 0 Å². The fourth-order valence-corrected chi connectivity index (χ4v) is 2.51. The van der Waals surface area contributed by atoms with Gasteiger partial charge in [-0.15, -0.1) is 0 Å². The van der Waals surface area contributed by atoms with Gasteiger partial charge in [0.15, 0.2) is 0 Å². The first-order chi connectivity index (χ1) is 15.2. The third-order valence-corrected chi connectivity index (χ3v) is 4.50. The minimum Gasteiger partial charge on any atom is -0.392 e. The molecular formula is C23H21F2N3O4. The number of nitrogens with one attached hydrogen (secondary N) is 2. The van der Waals surface area contributed by atoms with Crippen molar-refractivity contribution in [1.82, 2.24) is 10.8 Å². The molecule has 2 atom stereocenters. The number of aliphatic hydroxyl groups excluding tert-OH is 1. The fraction of sp³-hybridized carbons (Fsp3) is 0.217. The van der Waals surface area contributed by atoms with Crippen molar-refractivity contribution in [3.63, 3.8) is 0 Å². The second-order valence-electron chi connectivity index (χ2n) is 6.98. The van der Waals surface area contributed by atoms with Gasteiger partial charge >= 0.3 is 0 Å². The lowest BCUT2D eigenvalue weighted by Crippen LogP contribution is -2.66. The summed E-state index contributed by atoms with van der Waals surface area (Å²) < 4.78 is 26.4. The summed E-state index contributed by atoms with van der Waals surface area (Å²) in [4.78, 5) is 24.1. The molecule has 0 aromatic heterocycles. The van der Waals surface area contributed by atoms with Crippen molar-refractivity contribution in [1.29, 1.82) is 0 Å². The molecule has 0 saturated carbocycles. The maximum Gasteiger partial charge on any atom is 0.268 e. The van der Waals surface area contributed by atoms with E-state index in [1.54, 1.807) is 24.3 Å². The smallest absolute Gasteiger partial charge is 0.268 e. The van der Waals surface area contributed by atoms with Crippen molar-refractivity contribution in [3.8, 4) is 23.7 Å². The van der Waals surface area contributed by atoms with Gasteiger partial charge in [0.05, 0.1) is 6.61 Å². The highest BCUT2D eigenvalue weighted by Crippen LogP contribution is 2.18. The number of carbonyl (C=O) groups is 2. The van der Waals surface area contributed by atoms with Crippen LogP contribution in [0.3, 0.4) is 0 Å². The van der Waals surface area contributed by atoms with E-state index in [1.165, 1.54) is 29.7 Å². The number of halogens is 2. The molecule has 0 radical (unpaired) electrons. The van der Waals surface area contributed by atoms with E-state index in [1.807, 2.05) is 0 Å². The summed E-state index contributed by atoms with van der Waals surface area (Å²) in [6.07, 6.45) is -3.14. The van der Waals surface area contributed by atoms with Crippen molar-refractivity contribution < 1.29 is 28.7 Å². The number of aliphatic hydroxyl groups is 1. The summed E-state index contributed by atoms with van der Waals surface area (Å²) in [6.45, 7) is 0.840. The molecule has 7 nitrogen and oxygen atoms in total. The second-order valence-corrected chi connectivity index (χ2v) is 6.98. The molecule has 2 amide bonds. The molecular weight excluding hydrogens is 420 g/mol. The van der Waals surface area contributed by atoms with Gasteiger partial charge in [0.1, 0.15) is 11.6 Å². The summed E-state index contributed by atoms with van der Waals surface area (Å²) in [5.74, 6) is 8.92. The molecule has 0 aliphatic heterocycles. The molecule has 2 rings (SSSR count). The van der Waals surface area contributed by atoms with Crippen molar-refractivity contribution in [2.24, 2.45) is 5.73 Å². The molecule has 2 unspecified atom stereocenters. The fourth-order valence-electron chi connectivity index (χ4n) is 2.51. The number of hydrogen-bond donors (Lipinski definition) is 5. The molecule has 6 N–H and O–H groups in total. The van der Waals surface area contributed by atoms with E-state index in [4.69, 9.17) is 16.0 Å². The summed E-state index contributed by atoms with van der Waals surface area (Å²) in [7, 11) is 0. The standard InChI is InChI=1S/C23H21F2N3O4/c1-23(26,22(24)25)19(21(31)28-32)27-20(30)18-12-10-16(11-13-18)5-3-2-4-15-6-8-17(14-29)9-7-15/h6-13,19,22,29,32H,14,26H2,1H3,(H,27,30)(H,28,31). The second kappa shape index (κ2) is 11.0. The van der Waals surface area contributed by atoms with Gasteiger partial charge in [-0.3, -0.25) is 14.8 Å². The number of amides is 2. The molecule has 32 heavy (non-hydrogen) atoms. The zero-order chi connectivity index (χ0) is 23.7. The lowest BCUT2D eigenvalue weighted by molar-refractivity contribution is -0.134. The molecule has 9 heteroatoms. The first kappa shape index (κ1) is 24.5. The SMILES string of the molecule is CC(N)(C(F)F)C(NC(=O)c1ccc(C#CC#Cc2ccc(CO)cc2)cc1)C(=O)NO. The minimum atomic E-state index is -3.14. The Hall–Kier alpha value is -3.76. The van der Waals surface area contributed by atoms with Crippen LogP contribution in [0.2, 0.25) is 0 Å². The quantitative estimate of drug-likeness (QED) is 0.262. The third-order valence-electron chi connectivity index (χ3n) is 4.50. The van der Waals surface area contributed by atoms with Crippen LogP contribution in [0.1, 0.15) is 34.0 Å². The van der Waals surface area contributed by atoms with Crippen LogP contribution in [0.4, 0.5) is 8.78 Å². The van der Waals surface area contributed by atoms with E-state index in [9.17, 15) is 18.4 Å². The van der Waals surface area contributed by atoms with Crippen LogP contribution >= 0.6 is 0 Å². The van der Waals surface area contributed by atoms with E-state index in [-0.39, 0.29) is 12.2 Å². The Labute approximate surface area is 183 Å². The van der Waals surface area contributed by atoms with E-state index in [0.717, 1.165) is 18.1 Å². The predicted molar refractivity (Wildman–Crippen MR) is 112 cm³/mol. The van der Waals surface area contributed by atoms with Gasteiger partial charge in [-0.2, -0.15) is 0 Å². The molecule has 0 aliphatic carbocycles. The molecule has 166 valence electrons. The van der Waals surface area contributed by atoms with Gasteiger partial charge in [-0.25, -0.2) is 14.3 Å². The van der Waals surface area contributed by atoms with E-state index >= 15 is 0 Å². The Morgan fingerprint density at radius 3 is 1.97 bits per heavy atom. The number of hydroxylamine groups is 1. The topological polar surface area (TPSA) is 125 Å². The number of rotatable bonds is 6. The zero-order valence-corrected chi connectivity index (χ0v) is 17.0. The molecule has 0 fully saturated rings. The van der Waals surface area contributed by atoms with Gasteiger partial charge in [0.2, 0.25) is 0 Å². The molecule has 0 heterocycles. The summed E-state index contributed by atoms with van der Waals surface area (Å²) in [5, 5.41) is 19.9. The van der Waals surface area contributed by atoms with Gasteiger partial charge in [-0.1, -0.05) is 24.0 Å². The van der Waals surface area contributed by atoms with Gasteiger partial charge < -0.3 is 16.2 Å². The van der Waals surface area contributed by atoms with Crippen LogP contribution in [0.5, 0.6) is 0 Å². The highest BCUT2D eigenvalue weighted by molar-refractivity contribution is 5.98. The van der Waals surface area contributed by atoms with E-state index in [0.29, 0.717) is 5.56 Å². The van der Waals surface area contributed by atoms with Crippen LogP contribution in [0, 0.1) is 23.7 Å². The van der Waals surface area contributed by atoms with Gasteiger partial charge in [0, 0.05) is 16.7 Å². The summed E-state index contributed by atoms with van der Waals surface area (Å²) in [5.41, 5.74) is 6.43. The van der Waals surface area contributed by atoms with Gasteiger partial charge in [0.25, 0.3) is 18.2 Å². The van der Waals surface area contributed by atoms with Crippen molar-refractivity contribution >= 4 is 11.8 Å². The van der Waals surface area contributed by atoms with Crippen molar-refractivity contribution in [3.05, 3.63) is 70.8 Å². The molecule has 0 saturated heterocycles. The number of carbonyl (C=O) groups excluding carboxylic acids is 2. The Balaban J connectivity index is 2.08. The average Bonchev–Trinajstić information content (AvgIpc) is 2.80. The largest absolute Gasteiger partial charge is 0.392 e. The average molecular weight is 441 g/mol. The summed E-state index contributed by atoms with van der Waals surface area (Å²) >= 11 is 0. The van der Waals surface area contributed by atoms with Crippen LogP contribution < -0.4 is 16.5 Å². The normalized spacial score (nSPS) is 13.0. The van der Waals surface area contributed by atoms with Crippen LogP contribution in [0.15, 0.2) is 48.5 Å². The first-order valence-electron chi connectivity index (χ1n) is 9.32. The van der Waals surface area contributed by atoms with E-state index < -0.39 is 29.8 Å². The number of hydrogen-bond acceptors (Lipinski definition) is 5. The van der Waals surface area contributed by atoms with Gasteiger partial charge in [-0.05, 0) is 60.7 Å². The minimum absolute atomic E-state index is 0.0470. The van der Waals surface area contributed by atoms with Crippen molar-refractivity contribution in [2.45, 2.75) is 31.5 Å². The number of alkyl halides is 2. The molecule has 0 aliphatic rings. The Bertz CT molecular complexity index is 1080. The third kappa shape index (κ3) is 6.37. The lowest BCUT2D eigenvalue weighted by Gasteiger charge is -2.32. The highest BCUT2D eigenvalue weighted by atomic mass is 19.3. The number of nitrogens with two attached hydrogens (primary N) is 1. The Morgan fingerprint density at radius 1 is 1.03 bits per heavy atom. The maximum atomic E-state index is 13.2. The first-order valence-corrected chi connectivity index (χ1v) is 9.32. The van der Waals surface area contributed by atoms with Crippen LogP contribution in [-0.4, -0.2) is 40.1 Å². The highest BCUT2D eigenvalue weighted by Gasteiger charge is 2.44. The monoisotopic (exact) mass is 441 g/mol. The van der Waals surface area contributed by atoms with E-state index in [2.05, 4.69) is 29.0 Å². The van der Waals surface area contributed by atoms with Crippen molar-refractivity contribution in [2.75, 3.05) is 0 Å². The molecule has 0 spiro atoms. The van der Waals surface area contributed by atoms with Crippen LogP contribution in [-0.2, 0) is 11.4 Å². The molecule has 0 bridgehead atoms. The Morgan fingerprint density at radius 2 is 1.53 bits per heavy atom. The lowest BCUT2D eigenvalue weighted by atomic mass is 9.92. The summed E-state index contributed by atoms with van der Waals surface area (Å²) in [6, 6.07) is 11.0.